The molecule has 0 radical (unpaired) electrons. The molecular formula is C32H33F5N2O4. The minimum absolute atomic E-state index is 0.102. The number of likely N-dealkylation sites (tertiary alicyclic amines) is 1. The van der Waals surface area contributed by atoms with Gasteiger partial charge in [-0.3, -0.25) is 4.90 Å². The van der Waals surface area contributed by atoms with Crippen LogP contribution in [0.1, 0.15) is 23.6 Å². The predicted octanol–water partition coefficient (Wildman–Crippen LogP) is 5.64. The summed E-state index contributed by atoms with van der Waals surface area (Å²) in [7, 11) is 0. The summed E-state index contributed by atoms with van der Waals surface area (Å²) in [6.45, 7) is 5.40. The molecule has 6 nitrogen and oxygen atoms in total. The van der Waals surface area contributed by atoms with Gasteiger partial charge in [-0.05, 0) is 54.2 Å². The molecule has 11 heteroatoms. The third-order valence-electron chi connectivity index (χ3n) is 7.72. The van der Waals surface area contributed by atoms with Crippen molar-refractivity contribution in [2.45, 2.75) is 38.2 Å². The van der Waals surface area contributed by atoms with Gasteiger partial charge in [0.05, 0.1) is 12.2 Å². The van der Waals surface area contributed by atoms with Crippen LogP contribution in [0.15, 0.2) is 66.7 Å². The lowest BCUT2D eigenvalue weighted by Crippen LogP contribution is -2.33. The van der Waals surface area contributed by atoms with E-state index in [1.807, 2.05) is 0 Å². The number of alkyl halides is 3. The molecule has 1 saturated heterocycles. The number of rotatable bonds is 13. The molecule has 2 unspecified atom stereocenters. The summed E-state index contributed by atoms with van der Waals surface area (Å²) in [6.07, 6.45) is -5.26. The first-order valence-corrected chi connectivity index (χ1v) is 14.2. The topological polar surface area (TPSA) is 60.0 Å². The molecule has 1 N–H and O–H groups in total. The number of carbonyl (C=O) groups excluding carboxylic acids is 1. The lowest BCUT2D eigenvalue weighted by atomic mass is 10.1. The van der Waals surface area contributed by atoms with E-state index in [4.69, 9.17) is 14.2 Å². The van der Waals surface area contributed by atoms with Crippen LogP contribution >= 0.6 is 0 Å². The maximum Gasteiger partial charge on any atom is 0.416 e. The summed E-state index contributed by atoms with van der Waals surface area (Å²) in [6, 6.07) is 15.7. The van der Waals surface area contributed by atoms with Crippen molar-refractivity contribution in [3.63, 3.8) is 0 Å². The van der Waals surface area contributed by atoms with Crippen LogP contribution in [0.2, 0.25) is 0 Å². The number of nitrogens with one attached hydrogen (secondary N) is 1. The number of benzene rings is 3. The molecule has 1 heterocycles. The summed E-state index contributed by atoms with van der Waals surface area (Å²) >= 11 is 0. The first kappa shape index (κ1) is 30.7. The van der Waals surface area contributed by atoms with Gasteiger partial charge in [-0.1, -0.05) is 24.3 Å². The molecule has 0 spiro atoms. The van der Waals surface area contributed by atoms with Crippen molar-refractivity contribution in [2.24, 2.45) is 11.8 Å². The Morgan fingerprint density at radius 2 is 1.56 bits per heavy atom. The summed E-state index contributed by atoms with van der Waals surface area (Å²) < 4.78 is 82.0. The van der Waals surface area contributed by atoms with E-state index >= 15 is 0 Å². The Morgan fingerprint density at radius 1 is 0.930 bits per heavy atom. The van der Waals surface area contributed by atoms with E-state index in [0.717, 1.165) is 54.5 Å². The van der Waals surface area contributed by atoms with Crippen LogP contribution in [-0.2, 0) is 28.7 Å². The lowest BCUT2D eigenvalue weighted by Gasteiger charge is -2.20. The molecule has 2 fully saturated rings. The second kappa shape index (κ2) is 13.3. The fraction of sp³-hybridized carbons (Fsp3) is 0.406. The first-order chi connectivity index (χ1) is 20.6. The van der Waals surface area contributed by atoms with Gasteiger partial charge in [-0.25, -0.2) is 13.6 Å². The summed E-state index contributed by atoms with van der Waals surface area (Å²) in [5, 5.41) is 3.53. The minimum Gasteiger partial charge on any atom is -0.492 e. The zero-order valence-electron chi connectivity index (χ0n) is 23.6. The number of halogens is 5. The molecule has 230 valence electrons. The second-order valence-corrected chi connectivity index (χ2v) is 10.9. The van der Waals surface area contributed by atoms with Gasteiger partial charge >= 0.3 is 12.1 Å². The van der Waals surface area contributed by atoms with Crippen LogP contribution in [0.25, 0.3) is 0 Å². The Kier molecular flexibility index (Phi) is 9.51. The Morgan fingerprint density at radius 3 is 2.16 bits per heavy atom. The maximum absolute atomic E-state index is 13.6. The maximum atomic E-state index is 13.6. The number of ether oxygens (including phenoxy) is 3. The summed E-state index contributed by atoms with van der Waals surface area (Å²) in [4.78, 5) is 14.7. The van der Waals surface area contributed by atoms with Crippen molar-refractivity contribution in [1.82, 2.24) is 10.2 Å². The SMILES string of the molecule is CCOC(=O)[C@H](Cc1ccc(OCCNC2C3CN(Cc4ccc(C(F)(F)F)cc4)C[C@@H]32)cc1)Oc1cc(F)cc(F)c1. The Hall–Kier alpha value is -3.70. The van der Waals surface area contributed by atoms with Gasteiger partial charge in [0, 0.05) is 56.8 Å². The number of piperidine rings is 1. The fourth-order valence-corrected chi connectivity index (χ4v) is 5.60. The molecule has 0 bridgehead atoms. The largest absolute Gasteiger partial charge is 0.492 e. The standard InChI is InChI=1S/C32H33F5N2O4/c1-2-41-31(40)29(43-26-15-23(33)14-24(34)16-26)13-20-5-9-25(10-6-20)42-12-11-38-30-27-18-39(19-28(27)30)17-21-3-7-22(8-4-21)32(35,36)37/h3-10,14-16,27-30,38H,2,11-13,17-19H2,1H3/t27-,28?,29-,30?/m0/s1. The number of nitrogens with zero attached hydrogens (tertiary/aromatic N) is 1. The molecule has 0 aromatic heterocycles. The molecule has 0 amide bonds. The molecular weight excluding hydrogens is 571 g/mol. The summed E-state index contributed by atoms with van der Waals surface area (Å²) in [5.41, 5.74) is 1.01. The predicted molar refractivity (Wildman–Crippen MR) is 149 cm³/mol. The van der Waals surface area contributed by atoms with Crippen LogP contribution in [0.3, 0.4) is 0 Å². The van der Waals surface area contributed by atoms with Gasteiger partial charge in [-0.15, -0.1) is 0 Å². The quantitative estimate of drug-likeness (QED) is 0.155. The van der Waals surface area contributed by atoms with Crippen molar-refractivity contribution < 1.29 is 41.0 Å². The van der Waals surface area contributed by atoms with Crippen LogP contribution in [0.5, 0.6) is 11.5 Å². The zero-order chi connectivity index (χ0) is 30.6. The lowest BCUT2D eigenvalue weighted by molar-refractivity contribution is -0.151. The molecule has 1 saturated carbocycles. The highest BCUT2D eigenvalue weighted by atomic mass is 19.4. The third-order valence-corrected chi connectivity index (χ3v) is 7.72. The average Bonchev–Trinajstić information content (AvgIpc) is 3.40. The fourth-order valence-electron chi connectivity index (χ4n) is 5.60. The molecule has 3 aromatic rings. The monoisotopic (exact) mass is 604 g/mol. The van der Waals surface area contributed by atoms with E-state index in [2.05, 4.69) is 10.2 Å². The number of esters is 1. The van der Waals surface area contributed by atoms with E-state index in [9.17, 15) is 26.7 Å². The van der Waals surface area contributed by atoms with Gasteiger partial charge in [0.15, 0.2) is 6.10 Å². The second-order valence-electron chi connectivity index (χ2n) is 10.9. The van der Waals surface area contributed by atoms with Crippen molar-refractivity contribution in [2.75, 3.05) is 32.8 Å². The van der Waals surface area contributed by atoms with Crippen molar-refractivity contribution in [3.05, 3.63) is 95.1 Å². The van der Waals surface area contributed by atoms with Crippen LogP contribution in [-0.4, -0.2) is 55.9 Å². The molecule has 1 aliphatic heterocycles. The highest BCUT2D eigenvalue weighted by Crippen LogP contribution is 2.45. The molecule has 5 rings (SSSR count). The van der Waals surface area contributed by atoms with Gasteiger partial charge in [-0.2, -0.15) is 13.2 Å². The van der Waals surface area contributed by atoms with Gasteiger partial charge in [0.2, 0.25) is 0 Å². The van der Waals surface area contributed by atoms with E-state index < -0.39 is 35.4 Å². The van der Waals surface area contributed by atoms with E-state index in [-0.39, 0.29) is 18.8 Å². The van der Waals surface area contributed by atoms with Crippen LogP contribution in [0, 0.1) is 23.5 Å². The number of fused-ring (bicyclic) bond motifs is 1. The minimum atomic E-state index is -4.32. The van der Waals surface area contributed by atoms with Crippen molar-refractivity contribution in [3.8, 4) is 11.5 Å². The highest BCUT2D eigenvalue weighted by Gasteiger charge is 2.55. The van der Waals surface area contributed by atoms with Gasteiger partial charge in [0.1, 0.15) is 29.7 Å². The van der Waals surface area contributed by atoms with Crippen LogP contribution in [0.4, 0.5) is 22.0 Å². The smallest absolute Gasteiger partial charge is 0.416 e. The molecule has 4 atom stereocenters. The number of carbonyl (C=O) groups is 1. The number of hydrogen-bond donors (Lipinski definition) is 1. The normalized spacial score (nSPS) is 20.4. The van der Waals surface area contributed by atoms with Gasteiger partial charge < -0.3 is 19.5 Å². The van der Waals surface area contributed by atoms with E-state index in [1.54, 1.807) is 43.3 Å². The Balaban J connectivity index is 1.02. The molecule has 43 heavy (non-hydrogen) atoms. The molecule has 1 aliphatic carbocycles. The number of hydrogen-bond acceptors (Lipinski definition) is 6. The zero-order valence-corrected chi connectivity index (χ0v) is 23.6. The van der Waals surface area contributed by atoms with Crippen LogP contribution < -0.4 is 14.8 Å². The van der Waals surface area contributed by atoms with E-state index in [1.165, 1.54) is 0 Å². The van der Waals surface area contributed by atoms with Gasteiger partial charge in [0.25, 0.3) is 0 Å². The average molecular weight is 605 g/mol. The molecule has 2 aliphatic rings. The van der Waals surface area contributed by atoms with Crippen molar-refractivity contribution >= 4 is 5.97 Å². The van der Waals surface area contributed by atoms with E-state index in [0.29, 0.717) is 43.3 Å². The Labute approximate surface area is 246 Å². The highest BCUT2D eigenvalue weighted by molar-refractivity contribution is 5.75. The Bertz CT molecular complexity index is 1350. The first-order valence-electron chi connectivity index (χ1n) is 14.2. The third kappa shape index (κ3) is 8.23. The van der Waals surface area contributed by atoms with Crippen molar-refractivity contribution in [1.29, 1.82) is 0 Å². The molecule has 3 aromatic carbocycles. The summed E-state index contributed by atoms with van der Waals surface area (Å²) in [5.74, 6) is -0.625.